The van der Waals surface area contributed by atoms with E-state index in [-0.39, 0.29) is 51.1 Å². The first-order chi connectivity index (χ1) is 15.9. The van der Waals surface area contributed by atoms with Gasteiger partial charge < -0.3 is 25.2 Å². The van der Waals surface area contributed by atoms with E-state index in [9.17, 15) is 20.4 Å². The molecule has 4 N–H and O–H groups in total. The Hall–Kier alpha value is -0.200. The van der Waals surface area contributed by atoms with Crippen molar-refractivity contribution in [1.29, 1.82) is 0 Å². The van der Waals surface area contributed by atoms with Crippen LogP contribution < -0.4 is 0 Å². The van der Waals surface area contributed by atoms with Crippen LogP contribution in [0.4, 0.5) is 0 Å². The van der Waals surface area contributed by atoms with Gasteiger partial charge >= 0.3 is 0 Å². The molecule has 12 atom stereocenters. The van der Waals surface area contributed by atoms with E-state index < -0.39 is 23.9 Å². The van der Waals surface area contributed by atoms with Crippen LogP contribution in [-0.4, -0.2) is 56.0 Å². The number of aliphatic hydroxyl groups excluding tert-OH is 3. The summed E-state index contributed by atoms with van der Waals surface area (Å²) < 4.78 is 6.64. The van der Waals surface area contributed by atoms with Gasteiger partial charge in [0.15, 0.2) is 0 Å². The number of fused-ring (bicyclic) bond motifs is 5. The second kappa shape index (κ2) is 7.68. The van der Waals surface area contributed by atoms with E-state index in [1.54, 1.807) is 0 Å². The van der Waals surface area contributed by atoms with Crippen LogP contribution >= 0.6 is 0 Å². The van der Waals surface area contributed by atoms with Gasteiger partial charge in [0.25, 0.3) is 0 Å². The number of ether oxygens (including phenoxy) is 1. The zero-order chi connectivity index (χ0) is 26.0. The molecule has 0 aromatic heterocycles. The summed E-state index contributed by atoms with van der Waals surface area (Å²) in [7, 11) is 0. The zero-order valence-corrected chi connectivity index (χ0v) is 23.5. The Morgan fingerprint density at radius 3 is 2.06 bits per heavy atom. The first-order valence-electron chi connectivity index (χ1n) is 14.4. The molecule has 0 radical (unpaired) electrons. The van der Waals surface area contributed by atoms with Crippen molar-refractivity contribution in [3.05, 3.63) is 0 Å². The standard InChI is InChI=1S/C30H52O5/c1-25(2)21(33)10-12-27(5)20-15-18(31)23-17(30(8)14-11-22(35-30)26(3,4)34)9-13-28(23,6)29(20,7)16-19(32)24(25)27/h17-24,31-34H,9-16H2,1-8H3/t17?,18-,19+,20?,21+,22-,23?,24?,27-,28-,29-,30+/m1/s1. The highest BCUT2D eigenvalue weighted by Crippen LogP contribution is 2.76. The van der Waals surface area contributed by atoms with Crippen molar-refractivity contribution >= 4 is 0 Å². The Labute approximate surface area is 213 Å². The molecule has 0 amide bonds. The van der Waals surface area contributed by atoms with E-state index in [1.165, 1.54) is 0 Å². The van der Waals surface area contributed by atoms with Gasteiger partial charge in [-0.25, -0.2) is 0 Å². The fraction of sp³-hybridized carbons (Fsp3) is 1.00. The topological polar surface area (TPSA) is 90.2 Å². The van der Waals surface area contributed by atoms with Gasteiger partial charge in [-0.1, -0.05) is 34.6 Å². The molecule has 35 heavy (non-hydrogen) atoms. The quantitative estimate of drug-likeness (QED) is 0.449. The second-order valence-electron chi connectivity index (χ2n) is 15.6. The first kappa shape index (κ1) is 26.4. The molecule has 0 bridgehead atoms. The molecule has 5 rings (SSSR count). The summed E-state index contributed by atoms with van der Waals surface area (Å²) in [5, 5.41) is 45.2. The number of rotatable bonds is 2. The van der Waals surface area contributed by atoms with Crippen molar-refractivity contribution < 1.29 is 25.2 Å². The highest BCUT2D eigenvalue weighted by Gasteiger charge is 2.73. The lowest BCUT2D eigenvalue weighted by atomic mass is 9.34. The van der Waals surface area contributed by atoms with Gasteiger partial charge in [-0.05, 0) is 117 Å². The van der Waals surface area contributed by atoms with E-state index in [0.717, 1.165) is 51.4 Å². The molecular weight excluding hydrogens is 440 g/mol. The summed E-state index contributed by atoms with van der Waals surface area (Å²) in [6.45, 7) is 17.3. The highest BCUT2D eigenvalue weighted by molar-refractivity contribution is 5.22. The minimum Gasteiger partial charge on any atom is -0.393 e. The van der Waals surface area contributed by atoms with E-state index in [2.05, 4.69) is 41.5 Å². The maximum absolute atomic E-state index is 11.9. The number of hydrogen-bond acceptors (Lipinski definition) is 5. The molecule has 1 heterocycles. The lowest BCUT2D eigenvalue weighted by Crippen LogP contribution is -2.69. The van der Waals surface area contributed by atoms with Crippen LogP contribution in [0.1, 0.15) is 107 Å². The Morgan fingerprint density at radius 1 is 0.800 bits per heavy atom. The average molecular weight is 493 g/mol. The molecule has 4 aliphatic carbocycles. The molecule has 4 unspecified atom stereocenters. The fourth-order valence-corrected chi connectivity index (χ4v) is 11.3. The monoisotopic (exact) mass is 492 g/mol. The van der Waals surface area contributed by atoms with Crippen LogP contribution in [0.3, 0.4) is 0 Å². The van der Waals surface area contributed by atoms with Crippen LogP contribution in [-0.2, 0) is 4.74 Å². The van der Waals surface area contributed by atoms with Crippen molar-refractivity contribution in [1.82, 2.24) is 0 Å². The first-order valence-corrected chi connectivity index (χ1v) is 14.4. The number of hydrogen-bond donors (Lipinski definition) is 4. The Morgan fingerprint density at radius 2 is 1.46 bits per heavy atom. The minimum atomic E-state index is -0.864. The van der Waals surface area contributed by atoms with Crippen molar-refractivity contribution in [2.75, 3.05) is 0 Å². The van der Waals surface area contributed by atoms with E-state index in [4.69, 9.17) is 4.74 Å². The summed E-state index contributed by atoms with van der Waals surface area (Å²) in [5.41, 5.74) is -1.83. The summed E-state index contributed by atoms with van der Waals surface area (Å²) in [5.74, 6) is 0.722. The molecule has 5 aliphatic rings. The van der Waals surface area contributed by atoms with Crippen LogP contribution in [0.5, 0.6) is 0 Å². The van der Waals surface area contributed by atoms with E-state index >= 15 is 0 Å². The van der Waals surface area contributed by atoms with Crippen LogP contribution in [0.2, 0.25) is 0 Å². The SMILES string of the molecule is CC(C)(O)[C@H]1CC[C@@](C)(C2CC[C@]3(C)C2[C@H](O)CC2[C@@]4(C)CC[C@H](O)C(C)(C)C4[C@@H](O)C[C@]23C)O1. The van der Waals surface area contributed by atoms with Gasteiger partial charge in [0.2, 0.25) is 0 Å². The molecule has 5 nitrogen and oxygen atoms in total. The van der Waals surface area contributed by atoms with Gasteiger partial charge in [-0.2, -0.15) is 0 Å². The van der Waals surface area contributed by atoms with Crippen LogP contribution in [0.25, 0.3) is 0 Å². The summed E-state index contributed by atoms with van der Waals surface area (Å²) in [4.78, 5) is 0. The van der Waals surface area contributed by atoms with Crippen molar-refractivity contribution in [3.63, 3.8) is 0 Å². The zero-order valence-electron chi connectivity index (χ0n) is 23.5. The molecule has 4 saturated carbocycles. The summed E-state index contributed by atoms with van der Waals surface area (Å²) in [6.07, 6.45) is 5.61. The van der Waals surface area contributed by atoms with Crippen molar-refractivity contribution in [2.45, 2.75) is 142 Å². The predicted octanol–water partition coefficient (Wildman–Crippen LogP) is 4.68. The third-order valence-corrected chi connectivity index (χ3v) is 13.1. The molecule has 1 saturated heterocycles. The Bertz CT molecular complexity index is 850. The average Bonchev–Trinajstić information content (AvgIpc) is 3.30. The molecule has 5 heteroatoms. The normalized spacial score (nSPS) is 57.9. The Kier molecular flexibility index (Phi) is 5.80. The van der Waals surface area contributed by atoms with E-state index in [0.29, 0.717) is 5.92 Å². The van der Waals surface area contributed by atoms with Crippen LogP contribution in [0.15, 0.2) is 0 Å². The third kappa shape index (κ3) is 3.36. The summed E-state index contributed by atoms with van der Waals surface area (Å²) in [6, 6.07) is 0. The largest absolute Gasteiger partial charge is 0.393 e. The molecule has 0 spiro atoms. The lowest BCUT2D eigenvalue weighted by Gasteiger charge is -2.71. The van der Waals surface area contributed by atoms with Gasteiger partial charge in [-0.3, -0.25) is 0 Å². The molecule has 1 aliphatic heterocycles. The smallest absolute Gasteiger partial charge is 0.0865 e. The van der Waals surface area contributed by atoms with Crippen molar-refractivity contribution in [3.8, 4) is 0 Å². The molecule has 0 aromatic rings. The Balaban J connectivity index is 1.51. The third-order valence-electron chi connectivity index (χ3n) is 13.1. The molecule has 5 fully saturated rings. The van der Waals surface area contributed by atoms with Crippen molar-refractivity contribution in [2.24, 2.45) is 45.3 Å². The predicted molar refractivity (Wildman–Crippen MR) is 137 cm³/mol. The molecule has 0 aromatic carbocycles. The second-order valence-corrected chi connectivity index (χ2v) is 15.6. The molecular formula is C30H52O5. The van der Waals surface area contributed by atoms with Gasteiger partial charge in [0.05, 0.1) is 35.6 Å². The van der Waals surface area contributed by atoms with Gasteiger partial charge in [0, 0.05) is 0 Å². The minimum absolute atomic E-state index is 0.0320. The number of aliphatic hydroxyl groups is 4. The maximum atomic E-state index is 11.9. The highest BCUT2D eigenvalue weighted by atomic mass is 16.5. The van der Waals surface area contributed by atoms with E-state index in [1.807, 2.05) is 13.8 Å². The molecule has 202 valence electrons. The van der Waals surface area contributed by atoms with Crippen LogP contribution in [0, 0.1) is 45.3 Å². The summed E-state index contributed by atoms with van der Waals surface area (Å²) >= 11 is 0. The maximum Gasteiger partial charge on any atom is 0.0865 e. The van der Waals surface area contributed by atoms with Gasteiger partial charge in [0.1, 0.15) is 0 Å². The lowest BCUT2D eigenvalue weighted by molar-refractivity contribution is -0.275. The fourth-order valence-electron chi connectivity index (χ4n) is 11.3. The van der Waals surface area contributed by atoms with Gasteiger partial charge in [-0.15, -0.1) is 0 Å².